The van der Waals surface area contributed by atoms with Crippen LogP contribution in [0.1, 0.15) is 32.1 Å². The zero-order valence-corrected chi connectivity index (χ0v) is 21.1. The van der Waals surface area contributed by atoms with Crippen molar-refractivity contribution in [2.24, 2.45) is 0 Å². The number of fused-ring (bicyclic) bond motifs is 1. The highest BCUT2D eigenvalue weighted by Gasteiger charge is 2.42. The van der Waals surface area contributed by atoms with Gasteiger partial charge in [0.15, 0.2) is 0 Å². The fourth-order valence-electron chi connectivity index (χ4n) is 4.16. The van der Waals surface area contributed by atoms with Gasteiger partial charge in [0.25, 0.3) is 11.8 Å². The number of carbonyl (C=O) groups excluding carboxylic acids is 5. The second-order valence-electron chi connectivity index (χ2n) is 8.70. The SMILES string of the molecule is O=C(CCCC[C@@H]1SC[C@H]2NC(=O)N[C@H]12)NCCOCCOCCNC(=O)CCN1C(=O)C=CC1=O. The first-order chi connectivity index (χ1) is 17.4. The van der Waals surface area contributed by atoms with Crippen LogP contribution in [0.4, 0.5) is 4.79 Å². The van der Waals surface area contributed by atoms with Crippen LogP contribution in [0.3, 0.4) is 0 Å². The third kappa shape index (κ3) is 9.10. The molecule has 0 aromatic carbocycles. The molecule has 13 heteroatoms. The topological polar surface area (TPSA) is 155 Å². The van der Waals surface area contributed by atoms with Gasteiger partial charge in [-0.25, -0.2) is 4.79 Å². The Morgan fingerprint density at radius 2 is 1.56 bits per heavy atom. The Bertz CT molecular complexity index is 822. The van der Waals surface area contributed by atoms with E-state index in [1.807, 2.05) is 11.8 Å². The molecule has 36 heavy (non-hydrogen) atoms. The summed E-state index contributed by atoms with van der Waals surface area (Å²) in [5.41, 5.74) is 0. The van der Waals surface area contributed by atoms with E-state index >= 15 is 0 Å². The van der Waals surface area contributed by atoms with E-state index in [0.717, 1.165) is 29.9 Å². The van der Waals surface area contributed by atoms with Crippen molar-refractivity contribution >= 4 is 41.4 Å². The van der Waals surface area contributed by atoms with E-state index in [1.165, 1.54) is 12.2 Å². The molecule has 0 aliphatic carbocycles. The molecule has 3 heterocycles. The second kappa shape index (κ2) is 14.8. The van der Waals surface area contributed by atoms with Crippen LogP contribution in [-0.4, -0.2) is 104 Å². The number of imide groups is 1. The summed E-state index contributed by atoms with van der Waals surface area (Å²) in [4.78, 5) is 58.9. The number of hydrogen-bond donors (Lipinski definition) is 4. The number of urea groups is 1. The summed E-state index contributed by atoms with van der Waals surface area (Å²) in [5, 5.41) is 11.8. The lowest BCUT2D eigenvalue weighted by atomic mass is 10.0. The molecule has 12 nitrogen and oxygen atoms in total. The van der Waals surface area contributed by atoms with Crippen molar-refractivity contribution in [2.75, 3.05) is 51.8 Å². The molecule has 4 N–H and O–H groups in total. The predicted molar refractivity (Wildman–Crippen MR) is 132 cm³/mol. The highest BCUT2D eigenvalue weighted by molar-refractivity contribution is 8.00. The molecule has 6 amide bonds. The maximum Gasteiger partial charge on any atom is 0.315 e. The molecule has 3 rings (SSSR count). The molecule has 3 atom stereocenters. The highest BCUT2D eigenvalue weighted by atomic mass is 32.2. The summed E-state index contributed by atoms with van der Waals surface area (Å²) in [5.74, 6) is -0.107. The monoisotopic (exact) mass is 525 g/mol. The smallest absolute Gasteiger partial charge is 0.315 e. The van der Waals surface area contributed by atoms with Crippen molar-refractivity contribution in [1.29, 1.82) is 0 Å². The summed E-state index contributed by atoms with van der Waals surface area (Å²) in [6.07, 6.45) is 5.67. The average Bonchev–Trinajstić information content (AvgIpc) is 3.50. The maximum absolute atomic E-state index is 11.9. The third-order valence-electron chi connectivity index (χ3n) is 6.05. The zero-order valence-electron chi connectivity index (χ0n) is 20.3. The number of hydrogen-bond acceptors (Lipinski definition) is 8. The normalized spacial score (nSPS) is 22.5. The number of amides is 6. The lowest BCUT2D eigenvalue weighted by molar-refractivity contribution is -0.137. The summed E-state index contributed by atoms with van der Waals surface area (Å²) in [7, 11) is 0. The van der Waals surface area contributed by atoms with Gasteiger partial charge in [-0.1, -0.05) is 6.42 Å². The summed E-state index contributed by atoms with van der Waals surface area (Å²) in [6.45, 7) is 2.27. The second-order valence-corrected chi connectivity index (χ2v) is 9.98. The molecule has 3 aliphatic heterocycles. The van der Waals surface area contributed by atoms with Crippen molar-refractivity contribution in [3.8, 4) is 0 Å². The number of unbranched alkanes of at least 4 members (excludes halogenated alkanes) is 1. The first kappa shape index (κ1) is 27.9. The molecule has 3 aliphatic rings. The van der Waals surface area contributed by atoms with E-state index < -0.39 is 11.8 Å². The van der Waals surface area contributed by atoms with Crippen LogP contribution in [0.15, 0.2) is 12.2 Å². The first-order valence-electron chi connectivity index (χ1n) is 12.3. The van der Waals surface area contributed by atoms with Crippen LogP contribution in [0.2, 0.25) is 0 Å². The van der Waals surface area contributed by atoms with Gasteiger partial charge in [-0.2, -0.15) is 11.8 Å². The molecule has 0 aromatic heterocycles. The van der Waals surface area contributed by atoms with Crippen molar-refractivity contribution in [3.63, 3.8) is 0 Å². The fourth-order valence-corrected chi connectivity index (χ4v) is 5.71. The number of carbonyl (C=O) groups is 5. The summed E-state index contributed by atoms with van der Waals surface area (Å²) in [6, 6.07) is 0.368. The largest absolute Gasteiger partial charge is 0.377 e. The third-order valence-corrected chi connectivity index (χ3v) is 7.56. The standard InChI is InChI=1S/C23H35N5O7S/c29-18(4-2-1-3-17-22-16(15-36-17)26-23(33)27-22)24-8-11-34-13-14-35-12-9-25-19(30)7-10-28-20(31)5-6-21(28)32/h5-6,16-17,22H,1-4,7-15H2,(H,24,29)(H,25,30)(H2,26,27,33)/t16-,17+,22+/m1/s1. The van der Waals surface area contributed by atoms with Crippen LogP contribution in [0, 0.1) is 0 Å². The molecule has 0 bridgehead atoms. The van der Waals surface area contributed by atoms with Crippen LogP contribution in [-0.2, 0) is 28.7 Å². The van der Waals surface area contributed by atoms with Gasteiger partial charge < -0.3 is 30.7 Å². The Balaban J connectivity index is 1.06. The summed E-state index contributed by atoms with van der Waals surface area (Å²) >= 11 is 1.88. The van der Waals surface area contributed by atoms with Gasteiger partial charge in [0.1, 0.15) is 0 Å². The van der Waals surface area contributed by atoms with Crippen molar-refractivity contribution in [3.05, 3.63) is 12.2 Å². The lowest BCUT2D eigenvalue weighted by Crippen LogP contribution is -2.36. The highest BCUT2D eigenvalue weighted by Crippen LogP contribution is 2.33. The van der Waals surface area contributed by atoms with Crippen LogP contribution in [0.5, 0.6) is 0 Å². The average molecular weight is 526 g/mol. The van der Waals surface area contributed by atoms with Crippen LogP contribution < -0.4 is 21.3 Å². The van der Waals surface area contributed by atoms with Gasteiger partial charge in [-0.15, -0.1) is 0 Å². The van der Waals surface area contributed by atoms with E-state index in [2.05, 4.69) is 21.3 Å². The van der Waals surface area contributed by atoms with Gasteiger partial charge in [-0.3, -0.25) is 24.1 Å². The van der Waals surface area contributed by atoms with Gasteiger partial charge >= 0.3 is 6.03 Å². The first-order valence-corrected chi connectivity index (χ1v) is 13.4. The van der Waals surface area contributed by atoms with Crippen molar-refractivity contribution < 1.29 is 33.4 Å². The Morgan fingerprint density at radius 3 is 2.22 bits per heavy atom. The lowest BCUT2D eigenvalue weighted by Gasteiger charge is -2.16. The number of nitrogens with one attached hydrogen (secondary N) is 4. The Morgan fingerprint density at radius 1 is 0.917 bits per heavy atom. The fraction of sp³-hybridized carbons (Fsp3) is 0.696. The molecule has 0 saturated carbocycles. The molecule has 0 spiro atoms. The molecule has 0 aromatic rings. The number of nitrogens with zero attached hydrogens (tertiary/aromatic N) is 1. The molecular formula is C23H35N5O7S. The van der Waals surface area contributed by atoms with E-state index in [0.29, 0.717) is 51.2 Å². The molecule has 0 unspecified atom stereocenters. The zero-order chi connectivity index (χ0) is 25.8. The van der Waals surface area contributed by atoms with Crippen molar-refractivity contribution in [1.82, 2.24) is 26.2 Å². The summed E-state index contributed by atoms with van der Waals surface area (Å²) < 4.78 is 10.8. The van der Waals surface area contributed by atoms with Gasteiger partial charge in [0.2, 0.25) is 11.8 Å². The van der Waals surface area contributed by atoms with E-state index in [4.69, 9.17) is 9.47 Å². The minimum absolute atomic E-state index is 0.00750. The van der Waals surface area contributed by atoms with Crippen molar-refractivity contribution in [2.45, 2.75) is 49.4 Å². The van der Waals surface area contributed by atoms with Crippen LogP contribution in [0.25, 0.3) is 0 Å². The maximum atomic E-state index is 11.9. The molecular weight excluding hydrogens is 490 g/mol. The van der Waals surface area contributed by atoms with Gasteiger partial charge in [-0.05, 0) is 12.8 Å². The quantitative estimate of drug-likeness (QED) is 0.110. The van der Waals surface area contributed by atoms with Gasteiger partial charge in [0, 0.05) is 55.6 Å². The number of ether oxygens (including phenoxy) is 2. The molecule has 200 valence electrons. The predicted octanol–water partition coefficient (Wildman–Crippen LogP) is -0.707. The van der Waals surface area contributed by atoms with E-state index in [1.54, 1.807) is 0 Å². The molecule has 0 radical (unpaired) electrons. The van der Waals surface area contributed by atoms with Crippen LogP contribution >= 0.6 is 11.8 Å². The molecule has 2 fully saturated rings. The Hall–Kier alpha value is -2.64. The minimum Gasteiger partial charge on any atom is -0.377 e. The van der Waals surface area contributed by atoms with E-state index in [9.17, 15) is 24.0 Å². The Labute approximate surface area is 214 Å². The number of rotatable bonds is 17. The molecule has 2 saturated heterocycles. The number of thioether (sulfide) groups is 1. The minimum atomic E-state index is -0.400. The van der Waals surface area contributed by atoms with Gasteiger partial charge in [0.05, 0.1) is 38.5 Å². The van der Waals surface area contributed by atoms with E-state index in [-0.39, 0.29) is 42.9 Å². The Kier molecular flexibility index (Phi) is 11.5.